The first kappa shape index (κ1) is 15.0. The summed E-state index contributed by atoms with van der Waals surface area (Å²) in [6.45, 7) is 2.84. The maximum Gasteiger partial charge on any atom is 0.141 e. The van der Waals surface area contributed by atoms with Gasteiger partial charge in [-0.2, -0.15) is 0 Å². The van der Waals surface area contributed by atoms with E-state index >= 15 is 0 Å². The van der Waals surface area contributed by atoms with Gasteiger partial charge in [-0.1, -0.05) is 65.7 Å². The topological polar surface area (TPSA) is 17.8 Å². The summed E-state index contributed by atoms with van der Waals surface area (Å²) in [5, 5.41) is 0.758. The number of aromatic nitrogens is 2. The average Bonchev–Trinajstić information content (AvgIpc) is 2.94. The van der Waals surface area contributed by atoms with Crippen molar-refractivity contribution in [2.24, 2.45) is 0 Å². The Morgan fingerprint density at radius 2 is 1.71 bits per heavy atom. The molecule has 0 aliphatic carbocycles. The van der Waals surface area contributed by atoms with Crippen LogP contribution in [-0.4, -0.2) is 9.55 Å². The summed E-state index contributed by atoms with van der Waals surface area (Å²) in [4.78, 5) is 4.86. The highest BCUT2D eigenvalue weighted by molar-refractivity contribution is 6.30. The van der Waals surface area contributed by atoms with Gasteiger partial charge in [0.05, 0.1) is 11.0 Å². The summed E-state index contributed by atoms with van der Waals surface area (Å²) in [6.07, 6.45) is 0. The molecule has 24 heavy (non-hydrogen) atoms. The van der Waals surface area contributed by atoms with Crippen molar-refractivity contribution in [3.8, 4) is 11.4 Å². The molecule has 0 aliphatic heterocycles. The van der Waals surface area contributed by atoms with Crippen LogP contribution in [0.2, 0.25) is 5.02 Å². The third-order valence-corrected chi connectivity index (χ3v) is 4.43. The summed E-state index contributed by atoms with van der Waals surface area (Å²) in [5.41, 5.74) is 5.68. The first-order valence-corrected chi connectivity index (χ1v) is 8.35. The predicted octanol–water partition coefficient (Wildman–Crippen LogP) is 5.71. The van der Waals surface area contributed by atoms with Crippen molar-refractivity contribution in [3.05, 3.63) is 88.9 Å². The monoisotopic (exact) mass is 332 g/mol. The van der Waals surface area contributed by atoms with Gasteiger partial charge in [0.25, 0.3) is 0 Å². The maximum absolute atomic E-state index is 6.15. The Labute approximate surface area is 146 Å². The van der Waals surface area contributed by atoms with Crippen LogP contribution in [-0.2, 0) is 6.54 Å². The third-order valence-electron chi connectivity index (χ3n) is 4.19. The molecule has 0 saturated carbocycles. The van der Waals surface area contributed by atoms with Gasteiger partial charge >= 0.3 is 0 Å². The fraction of sp³-hybridized carbons (Fsp3) is 0.0952. The van der Waals surface area contributed by atoms with Gasteiger partial charge in [-0.3, -0.25) is 0 Å². The molecule has 0 bridgehead atoms. The number of benzene rings is 3. The molecule has 3 aromatic carbocycles. The smallest absolute Gasteiger partial charge is 0.141 e. The van der Waals surface area contributed by atoms with Gasteiger partial charge < -0.3 is 4.57 Å². The second-order valence-corrected chi connectivity index (χ2v) is 6.44. The number of nitrogens with zero attached hydrogens (tertiary/aromatic N) is 2. The molecule has 0 aliphatic rings. The van der Waals surface area contributed by atoms with Crippen LogP contribution >= 0.6 is 11.6 Å². The highest BCUT2D eigenvalue weighted by Gasteiger charge is 2.12. The van der Waals surface area contributed by atoms with Gasteiger partial charge in [-0.05, 0) is 36.8 Å². The van der Waals surface area contributed by atoms with Crippen molar-refractivity contribution in [1.82, 2.24) is 9.55 Å². The second kappa shape index (κ2) is 6.14. The van der Waals surface area contributed by atoms with Crippen LogP contribution in [0.15, 0.2) is 72.8 Å². The molecule has 4 rings (SSSR count). The summed E-state index contributed by atoms with van der Waals surface area (Å²) in [6, 6.07) is 24.8. The lowest BCUT2D eigenvalue weighted by Gasteiger charge is -2.10. The lowest BCUT2D eigenvalue weighted by Crippen LogP contribution is -2.02. The van der Waals surface area contributed by atoms with E-state index in [1.165, 1.54) is 11.1 Å². The number of hydrogen-bond donors (Lipinski definition) is 0. The van der Waals surface area contributed by atoms with Crippen LogP contribution in [0.3, 0.4) is 0 Å². The van der Waals surface area contributed by atoms with E-state index in [2.05, 4.69) is 60.0 Å². The molecule has 0 spiro atoms. The Kier molecular flexibility index (Phi) is 3.83. The van der Waals surface area contributed by atoms with E-state index in [1.54, 1.807) is 0 Å². The molecule has 0 atom stereocenters. The van der Waals surface area contributed by atoms with Crippen molar-refractivity contribution in [2.45, 2.75) is 13.5 Å². The standard InChI is InChI=1S/C21H17ClN2/c1-15-9-11-17(12-10-15)21-23-19-7-2-3-8-20(19)24(21)14-16-5-4-6-18(22)13-16/h2-13H,14H2,1H3. The molecule has 0 N–H and O–H groups in total. The molecular weight excluding hydrogens is 316 g/mol. The van der Waals surface area contributed by atoms with E-state index in [0.717, 1.165) is 34.0 Å². The molecular formula is C21H17ClN2. The van der Waals surface area contributed by atoms with E-state index in [0.29, 0.717) is 0 Å². The minimum Gasteiger partial charge on any atom is -0.319 e. The first-order valence-electron chi connectivity index (χ1n) is 7.97. The van der Waals surface area contributed by atoms with Gasteiger partial charge in [-0.15, -0.1) is 0 Å². The van der Waals surface area contributed by atoms with Crippen molar-refractivity contribution >= 4 is 22.6 Å². The first-order chi connectivity index (χ1) is 11.7. The van der Waals surface area contributed by atoms with Crippen LogP contribution in [0.4, 0.5) is 0 Å². The van der Waals surface area contributed by atoms with Gasteiger partial charge in [-0.25, -0.2) is 4.98 Å². The lowest BCUT2D eigenvalue weighted by atomic mass is 10.1. The van der Waals surface area contributed by atoms with Crippen molar-refractivity contribution in [2.75, 3.05) is 0 Å². The van der Waals surface area contributed by atoms with Crippen LogP contribution in [0.1, 0.15) is 11.1 Å². The number of halogens is 1. The van der Waals surface area contributed by atoms with Crippen molar-refractivity contribution in [3.63, 3.8) is 0 Å². The highest BCUT2D eigenvalue weighted by atomic mass is 35.5. The normalized spacial score (nSPS) is 11.1. The predicted molar refractivity (Wildman–Crippen MR) is 100 cm³/mol. The number of aryl methyl sites for hydroxylation is 1. The van der Waals surface area contributed by atoms with Crippen molar-refractivity contribution in [1.29, 1.82) is 0 Å². The lowest BCUT2D eigenvalue weighted by molar-refractivity contribution is 0.834. The average molecular weight is 333 g/mol. The number of imidazole rings is 1. The Morgan fingerprint density at radius 1 is 0.917 bits per heavy atom. The third kappa shape index (κ3) is 2.81. The molecule has 0 unspecified atom stereocenters. The molecule has 4 aromatic rings. The van der Waals surface area contributed by atoms with Gasteiger partial charge in [0.1, 0.15) is 5.82 Å². The number of fused-ring (bicyclic) bond motifs is 1. The molecule has 0 fully saturated rings. The van der Waals surface area contributed by atoms with Gasteiger partial charge in [0.2, 0.25) is 0 Å². The Balaban J connectivity index is 1.88. The zero-order chi connectivity index (χ0) is 16.5. The van der Waals surface area contributed by atoms with Crippen LogP contribution in [0, 0.1) is 6.92 Å². The van der Waals surface area contributed by atoms with Gasteiger partial charge in [0.15, 0.2) is 0 Å². The van der Waals surface area contributed by atoms with Crippen LogP contribution in [0.25, 0.3) is 22.4 Å². The summed E-state index contributed by atoms with van der Waals surface area (Å²) >= 11 is 6.15. The Bertz CT molecular complexity index is 1000. The van der Waals surface area contributed by atoms with Crippen LogP contribution in [0.5, 0.6) is 0 Å². The van der Waals surface area contributed by atoms with E-state index in [9.17, 15) is 0 Å². The molecule has 3 heteroatoms. The Morgan fingerprint density at radius 3 is 2.50 bits per heavy atom. The van der Waals surface area contributed by atoms with E-state index in [-0.39, 0.29) is 0 Å². The maximum atomic E-state index is 6.15. The zero-order valence-electron chi connectivity index (χ0n) is 13.4. The number of rotatable bonds is 3. The van der Waals surface area contributed by atoms with E-state index in [1.807, 2.05) is 24.3 Å². The minimum atomic E-state index is 0.740. The molecule has 0 saturated heterocycles. The van der Waals surface area contributed by atoms with Crippen LogP contribution < -0.4 is 0 Å². The fourth-order valence-electron chi connectivity index (χ4n) is 2.98. The molecule has 1 heterocycles. The fourth-order valence-corrected chi connectivity index (χ4v) is 3.19. The SMILES string of the molecule is Cc1ccc(-c2nc3ccccc3n2Cc2cccc(Cl)c2)cc1. The van der Waals surface area contributed by atoms with E-state index < -0.39 is 0 Å². The molecule has 0 amide bonds. The zero-order valence-corrected chi connectivity index (χ0v) is 14.2. The van der Waals surface area contributed by atoms with E-state index in [4.69, 9.17) is 16.6 Å². The largest absolute Gasteiger partial charge is 0.319 e. The second-order valence-electron chi connectivity index (χ2n) is 6.01. The molecule has 0 radical (unpaired) electrons. The highest BCUT2D eigenvalue weighted by Crippen LogP contribution is 2.26. The molecule has 118 valence electrons. The molecule has 1 aromatic heterocycles. The molecule has 2 nitrogen and oxygen atoms in total. The Hall–Kier alpha value is -2.58. The summed E-state index contributed by atoms with van der Waals surface area (Å²) < 4.78 is 2.26. The summed E-state index contributed by atoms with van der Waals surface area (Å²) in [7, 11) is 0. The minimum absolute atomic E-state index is 0.740. The van der Waals surface area contributed by atoms with Crippen molar-refractivity contribution < 1.29 is 0 Å². The quantitative estimate of drug-likeness (QED) is 0.469. The number of hydrogen-bond acceptors (Lipinski definition) is 1. The summed E-state index contributed by atoms with van der Waals surface area (Å²) in [5.74, 6) is 0.983. The number of para-hydroxylation sites is 2. The van der Waals surface area contributed by atoms with Gasteiger partial charge in [0, 0.05) is 17.1 Å².